The van der Waals surface area contributed by atoms with Crippen molar-refractivity contribution in [2.24, 2.45) is 4.99 Å². The standard InChI is InChI=1S/C10H7N3O2/c14-7-11-10-5-6-12-13(10)8-1-3-9(15)4-2-8/h1-6,15H. The highest BCUT2D eigenvalue weighted by molar-refractivity contribution is 5.49. The average Bonchev–Trinajstić information content (AvgIpc) is 2.68. The molecule has 2 rings (SSSR count). The minimum Gasteiger partial charge on any atom is -0.508 e. The monoisotopic (exact) mass is 201 g/mol. The van der Waals surface area contributed by atoms with E-state index in [2.05, 4.69) is 10.1 Å². The van der Waals surface area contributed by atoms with Gasteiger partial charge in [0.1, 0.15) is 5.75 Å². The number of nitrogens with zero attached hydrogens (tertiary/aromatic N) is 3. The second-order valence-corrected chi connectivity index (χ2v) is 2.82. The van der Waals surface area contributed by atoms with Crippen molar-refractivity contribution < 1.29 is 9.90 Å². The number of phenols is 1. The molecule has 74 valence electrons. The van der Waals surface area contributed by atoms with Crippen molar-refractivity contribution in [3.05, 3.63) is 36.5 Å². The molecule has 0 spiro atoms. The van der Waals surface area contributed by atoms with E-state index >= 15 is 0 Å². The number of hydrogen-bond acceptors (Lipinski definition) is 4. The lowest BCUT2D eigenvalue weighted by Crippen LogP contribution is -1.94. The Bertz CT molecular complexity index is 510. The Labute approximate surface area is 85.3 Å². The molecule has 15 heavy (non-hydrogen) atoms. The van der Waals surface area contributed by atoms with Gasteiger partial charge in [0, 0.05) is 6.07 Å². The summed E-state index contributed by atoms with van der Waals surface area (Å²) in [4.78, 5) is 13.6. The minimum atomic E-state index is 0.173. The van der Waals surface area contributed by atoms with Crippen LogP contribution in [-0.2, 0) is 4.79 Å². The molecule has 0 aliphatic heterocycles. The van der Waals surface area contributed by atoms with Gasteiger partial charge in [0.2, 0.25) is 6.08 Å². The summed E-state index contributed by atoms with van der Waals surface area (Å²) in [6.45, 7) is 0. The molecule has 0 radical (unpaired) electrons. The summed E-state index contributed by atoms with van der Waals surface area (Å²) < 4.78 is 1.48. The molecule has 0 unspecified atom stereocenters. The maximum absolute atomic E-state index is 10.1. The first-order valence-corrected chi connectivity index (χ1v) is 4.22. The average molecular weight is 201 g/mol. The SMILES string of the molecule is O=C=Nc1ccnn1-c1ccc(O)cc1. The first-order valence-electron chi connectivity index (χ1n) is 4.22. The van der Waals surface area contributed by atoms with E-state index < -0.39 is 0 Å². The zero-order valence-electron chi connectivity index (χ0n) is 7.66. The van der Waals surface area contributed by atoms with Crippen LogP contribution in [-0.4, -0.2) is 21.0 Å². The molecule has 0 aliphatic carbocycles. The molecule has 1 N–H and O–H groups in total. The Hall–Kier alpha value is -2.39. The van der Waals surface area contributed by atoms with Crippen LogP contribution in [0.3, 0.4) is 0 Å². The van der Waals surface area contributed by atoms with Crippen LogP contribution in [0.2, 0.25) is 0 Å². The summed E-state index contributed by atoms with van der Waals surface area (Å²) in [6, 6.07) is 8.01. The summed E-state index contributed by atoms with van der Waals surface area (Å²) in [6.07, 6.45) is 2.99. The van der Waals surface area contributed by atoms with Gasteiger partial charge in [-0.05, 0) is 24.3 Å². The van der Waals surface area contributed by atoms with Crippen LogP contribution in [0.25, 0.3) is 5.69 Å². The Morgan fingerprint density at radius 1 is 1.27 bits per heavy atom. The van der Waals surface area contributed by atoms with Crippen molar-refractivity contribution >= 4 is 11.9 Å². The molecule has 0 amide bonds. The third-order valence-electron chi connectivity index (χ3n) is 1.88. The number of phenolic OH excluding ortho intramolecular Hbond substituents is 1. The van der Waals surface area contributed by atoms with E-state index in [-0.39, 0.29) is 5.75 Å². The fourth-order valence-electron chi connectivity index (χ4n) is 1.22. The molecule has 0 aliphatic rings. The number of aliphatic imine (C=N–C) groups is 1. The van der Waals surface area contributed by atoms with E-state index in [9.17, 15) is 4.79 Å². The van der Waals surface area contributed by atoms with Crippen LogP contribution < -0.4 is 0 Å². The molecular formula is C10H7N3O2. The van der Waals surface area contributed by atoms with Crippen LogP contribution in [0.15, 0.2) is 41.5 Å². The second-order valence-electron chi connectivity index (χ2n) is 2.82. The fourth-order valence-corrected chi connectivity index (χ4v) is 1.22. The Kier molecular flexibility index (Phi) is 2.31. The van der Waals surface area contributed by atoms with E-state index in [0.717, 1.165) is 0 Å². The molecule has 5 nitrogen and oxygen atoms in total. The van der Waals surface area contributed by atoms with Crippen LogP contribution >= 0.6 is 0 Å². The zero-order chi connectivity index (χ0) is 10.7. The van der Waals surface area contributed by atoms with Gasteiger partial charge >= 0.3 is 0 Å². The fraction of sp³-hybridized carbons (Fsp3) is 0. The molecule has 0 saturated carbocycles. The Morgan fingerprint density at radius 2 is 2.00 bits per heavy atom. The highest BCUT2D eigenvalue weighted by Gasteiger charge is 2.02. The number of isocyanates is 1. The van der Waals surface area contributed by atoms with Gasteiger partial charge in [-0.3, -0.25) is 0 Å². The number of hydrogen-bond donors (Lipinski definition) is 1. The number of carbonyl (C=O) groups excluding carboxylic acids is 1. The maximum atomic E-state index is 10.1. The maximum Gasteiger partial charge on any atom is 0.242 e. The predicted molar refractivity (Wildman–Crippen MR) is 53.0 cm³/mol. The third kappa shape index (κ3) is 1.77. The van der Waals surface area contributed by atoms with Gasteiger partial charge in [-0.1, -0.05) is 0 Å². The van der Waals surface area contributed by atoms with E-state index in [0.29, 0.717) is 11.5 Å². The largest absolute Gasteiger partial charge is 0.508 e. The number of rotatable bonds is 2. The van der Waals surface area contributed by atoms with Crippen molar-refractivity contribution in [3.8, 4) is 11.4 Å². The van der Waals surface area contributed by atoms with Crippen LogP contribution in [0.1, 0.15) is 0 Å². The molecule has 5 heteroatoms. The van der Waals surface area contributed by atoms with Crippen LogP contribution in [0.5, 0.6) is 5.75 Å². The lowest BCUT2D eigenvalue weighted by molar-refractivity contribution is 0.475. The van der Waals surface area contributed by atoms with Crippen LogP contribution in [0.4, 0.5) is 5.82 Å². The van der Waals surface area contributed by atoms with Gasteiger partial charge in [-0.2, -0.15) is 5.10 Å². The zero-order valence-corrected chi connectivity index (χ0v) is 7.66. The number of benzene rings is 1. The summed E-state index contributed by atoms with van der Waals surface area (Å²) in [5.74, 6) is 0.571. The van der Waals surface area contributed by atoms with E-state index in [1.54, 1.807) is 18.2 Å². The smallest absolute Gasteiger partial charge is 0.242 e. The van der Waals surface area contributed by atoms with Gasteiger partial charge in [0.05, 0.1) is 11.9 Å². The van der Waals surface area contributed by atoms with Gasteiger partial charge in [0.25, 0.3) is 0 Å². The quantitative estimate of drug-likeness (QED) is 0.592. The Morgan fingerprint density at radius 3 is 2.67 bits per heavy atom. The topological polar surface area (TPSA) is 67.5 Å². The molecular weight excluding hydrogens is 194 g/mol. The molecule has 0 bridgehead atoms. The highest BCUT2D eigenvalue weighted by atomic mass is 16.3. The van der Waals surface area contributed by atoms with Crippen molar-refractivity contribution in [2.45, 2.75) is 0 Å². The van der Waals surface area contributed by atoms with Gasteiger partial charge in [-0.15, -0.1) is 4.99 Å². The summed E-state index contributed by atoms with van der Waals surface area (Å²) in [7, 11) is 0. The molecule has 0 fully saturated rings. The second kappa shape index (κ2) is 3.77. The van der Waals surface area contributed by atoms with E-state index in [1.165, 1.54) is 29.1 Å². The number of aromatic hydroxyl groups is 1. The van der Waals surface area contributed by atoms with E-state index in [1.807, 2.05) is 0 Å². The summed E-state index contributed by atoms with van der Waals surface area (Å²) >= 11 is 0. The van der Waals surface area contributed by atoms with E-state index in [4.69, 9.17) is 5.11 Å². The lowest BCUT2D eigenvalue weighted by Gasteiger charge is -2.02. The minimum absolute atomic E-state index is 0.173. The van der Waals surface area contributed by atoms with Crippen molar-refractivity contribution in [1.29, 1.82) is 0 Å². The van der Waals surface area contributed by atoms with Crippen molar-refractivity contribution in [2.75, 3.05) is 0 Å². The first-order chi connectivity index (χ1) is 7.31. The highest BCUT2D eigenvalue weighted by Crippen LogP contribution is 2.18. The van der Waals surface area contributed by atoms with Crippen LogP contribution in [0, 0.1) is 0 Å². The normalized spacial score (nSPS) is 9.60. The predicted octanol–water partition coefficient (Wildman–Crippen LogP) is 1.55. The summed E-state index contributed by atoms with van der Waals surface area (Å²) in [5.41, 5.74) is 0.715. The van der Waals surface area contributed by atoms with Gasteiger partial charge < -0.3 is 5.11 Å². The molecule has 0 saturated heterocycles. The molecule has 0 atom stereocenters. The summed E-state index contributed by atoms with van der Waals surface area (Å²) in [5, 5.41) is 13.1. The molecule has 1 aromatic heterocycles. The number of aromatic nitrogens is 2. The van der Waals surface area contributed by atoms with Crippen molar-refractivity contribution in [1.82, 2.24) is 9.78 Å². The van der Waals surface area contributed by atoms with Gasteiger partial charge in [-0.25, -0.2) is 9.48 Å². The molecule has 1 heterocycles. The lowest BCUT2D eigenvalue weighted by atomic mass is 10.3. The Balaban J connectivity index is 2.49. The van der Waals surface area contributed by atoms with Gasteiger partial charge in [0.15, 0.2) is 5.82 Å². The first kappa shape index (κ1) is 9.18. The van der Waals surface area contributed by atoms with Crippen molar-refractivity contribution in [3.63, 3.8) is 0 Å². The third-order valence-corrected chi connectivity index (χ3v) is 1.88. The molecule has 2 aromatic rings. The molecule has 1 aromatic carbocycles.